The molecule has 2 aliphatic rings. The number of piperazine rings is 1. The Morgan fingerprint density at radius 3 is 2.36 bits per heavy atom. The molecule has 5 rings (SSSR count). The number of nitrogens with zero attached hydrogens (tertiary/aromatic N) is 3. The number of H-pyrrole nitrogens is 1. The number of hydrogen-bond donors (Lipinski definition) is 2. The van der Waals surface area contributed by atoms with Crippen LogP contribution < -0.4 is 11.0 Å². The van der Waals surface area contributed by atoms with E-state index < -0.39 is 11.7 Å². The molecule has 2 N–H and O–H groups in total. The van der Waals surface area contributed by atoms with E-state index in [9.17, 15) is 9.59 Å². The Hall–Kier alpha value is -2.90. The van der Waals surface area contributed by atoms with Crippen LogP contribution in [-0.2, 0) is 13.0 Å². The van der Waals surface area contributed by atoms with Crippen LogP contribution in [0.4, 0.5) is 4.79 Å². The smallest absolute Gasteiger partial charge is 0.333 e. The molecule has 0 atom stereocenters. The van der Waals surface area contributed by atoms with E-state index in [1.165, 1.54) is 49.6 Å². The van der Waals surface area contributed by atoms with Crippen molar-refractivity contribution in [3.8, 4) is 0 Å². The van der Waals surface area contributed by atoms with E-state index in [1.807, 2.05) is 42.5 Å². The molecule has 7 heteroatoms. The summed E-state index contributed by atoms with van der Waals surface area (Å²) < 4.78 is 1.22. The highest BCUT2D eigenvalue weighted by atomic mass is 16.2. The summed E-state index contributed by atoms with van der Waals surface area (Å²) in [5.74, 6) is 0.956. The summed E-state index contributed by atoms with van der Waals surface area (Å²) in [6, 6.07) is 15.3. The molecule has 0 radical (unpaired) electrons. The fraction of sp³-hybridized carbons (Fsp3) is 0.517. The fourth-order valence-corrected chi connectivity index (χ4v) is 5.72. The van der Waals surface area contributed by atoms with Crippen LogP contribution in [0.5, 0.6) is 0 Å². The summed E-state index contributed by atoms with van der Waals surface area (Å²) in [6.45, 7) is 7.18. The molecule has 3 aromatic rings. The van der Waals surface area contributed by atoms with Crippen molar-refractivity contribution in [2.24, 2.45) is 5.92 Å². The van der Waals surface area contributed by atoms with Crippen LogP contribution in [0.1, 0.15) is 49.7 Å². The Labute approximate surface area is 213 Å². The molecule has 1 saturated heterocycles. The molecular formula is C29H39N5O2. The minimum Gasteiger partial charge on any atom is -0.333 e. The van der Waals surface area contributed by atoms with E-state index in [2.05, 4.69) is 26.2 Å². The molecule has 0 bridgehead atoms. The standard InChI is InChI=1S/C29H39N5O2/c35-28(30-22-25-9-5-2-6-10-25)34-27-21-24(11-12-26(27)31-29(34)36)14-16-33-19-17-32(18-20-33)15-13-23-7-3-1-4-8-23/h2,5-6,9-12,21,23H,1,3-4,7-8,13-20,22H2,(H,30,35)(H,31,36). The van der Waals surface area contributed by atoms with Gasteiger partial charge in [0.1, 0.15) is 0 Å². The molecule has 2 heterocycles. The van der Waals surface area contributed by atoms with Crippen molar-refractivity contribution in [2.75, 3.05) is 39.3 Å². The topological polar surface area (TPSA) is 73.4 Å². The lowest BCUT2D eigenvalue weighted by Crippen LogP contribution is -2.47. The first-order valence-electron chi connectivity index (χ1n) is 13.7. The van der Waals surface area contributed by atoms with Gasteiger partial charge >= 0.3 is 11.7 Å². The number of rotatable bonds is 8. The van der Waals surface area contributed by atoms with Crippen LogP contribution >= 0.6 is 0 Å². The normalized spacial score (nSPS) is 18.0. The highest BCUT2D eigenvalue weighted by Crippen LogP contribution is 2.26. The van der Waals surface area contributed by atoms with E-state index >= 15 is 0 Å². The molecule has 7 nitrogen and oxygen atoms in total. The van der Waals surface area contributed by atoms with Gasteiger partial charge in [-0.15, -0.1) is 0 Å². The summed E-state index contributed by atoms with van der Waals surface area (Å²) in [5.41, 5.74) is 3.05. The number of aromatic amines is 1. The average Bonchev–Trinajstić information content (AvgIpc) is 3.26. The molecule has 0 spiro atoms. The van der Waals surface area contributed by atoms with E-state index in [0.29, 0.717) is 17.6 Å². The van der Waals surface area contributed by atoms with Gasteiger partial charge in [0.15, 0.2) is 0 Å². The Balaban J connectivity index is 1.13. The van der Waals surface area contributed by atoms with Gasteiger partial charge < -0.3 is 20.1 Å². The van der Waals surface area contributed by atoms with Crippen molar-refractivity contribution >= 4 is 17.1 Å². The van der Waals surface area contributed by atoms with Gasteiger partial charge in [-0.2, -0.15) is 0 Å². The van der Waals surface area contributed by atoms with Crippen LogP contribution in [-0.4, -0.2) is 64.7 Å². The highest BCUT2D eigenvalue weighted by Gasteiger charge is 2.20. The zero-order valence-corrected chi connectivity index (χ0v) is 21.3. The summed E-state index contributed by atoms with van der Waals surface area (Å²) in [6.07, 6.45) is 9.46. The van der Waals surface area contributed by atoms with Crippen LogP contribution in [0.3, 0.4) is 0 Å². The molecule has 1 saturated carbocycles. The van der Waals surface area contributed by atoms with Gasteiger partial charge in [-0.3, -0.25) is 0 Å². The van der Waals surface area contributed by atoms with E-state index in [4.69, 9.17) is 0 Å². The quantitative estimate of drug-likeness (QED) is 0.497. The number of aromatic nitrogens is 2. The van der Waals surface area contributed by atoms with Crippen LogP contribution in [0, 0.1) is 5.92 Å². The third-order valence-electron chi connectivity index (χ3n) is 8.00. The maximum atomic E-state index is 12.8. The molecule has 192 valence electrons. The molecule has 2 fully saturated rings. The molecule has 1 aliphatic carbocycles. The molecule has 1 amide bonds. The lowest BCUT2D eigenvalue weighted by Gasteiger charge is -2.35. The number of benzene rings is 2. The number of fused-ring (bicyclic) bond motifs is 1. The van der Waals surface area contributed by atoms with E-state index in [0.717, 1.165) is 56.2 Å². The second kappa shape index (κ2) is 11.9. The first-order chi connectivity index (χ1) is 17.7. The Morgan fingerprint density at radius 1 is 0.889 bits per heavy atom. The van der Waals surface area contributed by atoms with Crippen molar-refractivity contribution in [2.45, 2.75) is 51.5 Å². The predicted molar refractivity (Wildman–Crippen MR) is 144 cm³/mol. The Morgan fingerprint density at radius 2 is 1.61 bits per heavy atom. The van der Waals surface area contributed by atoms with E-state index in [1.54, 1.807) is 0 Å². The summed E-state index contributed by atoms with van der Waals surface area (Å²) in [4.78, 5) is 33.4. The third-order valence-corrected chi connectivity index (χ3v) is 8.00. The molecular weight excluding hydrogens is 450 g/mol. The second-order valence-electron chi connectivity index (χ2n) is 10.5. The summed E-state index contributed by atoms with van der Waals surface area (Å²) >= 11 is 0. The molecule has 2 aromatic carbocycles. The SMILES string of the molecule is O=C(NCc1ccccc1)n1c(=O)[nH]c2ccc(CCN3CCN(CCC4CCCCC4)CC3)cc21. The van der Waals surface area contributed by atoms with Crippen molar-refractivity contribution in [3.63, 3.8) is 0 Å². The third kappa shape index (κ3) is 6.26. The van der Waals surface area contributed by atoms with Crippen LogP contribution in [0.15, 0.2) is 53.3 Å². The second-order valence-corrected chi connectivity index (χ2v) is 10.5. The average molecular weight is 490 g/mol. The number of amides is 1. The first-order valence-corrected chi connectivity index (χ1v) is 13.7. The van der Waals surface area contributed by atoms with Gasteiger partial charge in [-0.25, -0.2) is 14.2 Å². The maximum Gasteiger partial charge on any atom is 0.334 e. The molecule has 1 aliphatic heterocycles. The molecule has 36 heavy (non-hydrogen) atoms. The number of imidazole rings is 1. The largest absolute Gasteiger partial charge is 0.334 e. The van der Waals surface area contributed by atoms with Gasteiger partial charge in [0.25, 0.3) is 0 Å². The van der Waals surface area contributed by atoms with Crippen LogP contribution in [0.25, 0.3) is 11.0 Å². The Kier molecular flexibility index (Phi) is 8.18. The summed E-state index contributed by atoms with van der Waals surface area (Å²) in [5, 5.41) is 2.86. The van der Waals surface area contributed by atoms with Crippen LogP contribution in [0.2, 0.25) is 0 Å². The minimum absolute atomic E-state index is 0.380. The summed E-state index contributed by atoms with van der Waals surface area (Å²) in [7, 11) is 0. The van der Waals surface area contributed by atoms with E-state index in [-0.39, 0.29) is 0 Å². The zero-order valence-electron chi connectivity index (χ0n) is 21.3. The minimum atomic E-state index is -0.406. The lowest BCUT2D eigenvalue weighted by molar-refractivity contribution is 0.124. The highest BCUT2D eigenvalue weighted by molar-refractivity contribution is 5.89. The predicted octanol–water partition coefficient (Wildman–Crippen LogP) is 4.22. The van der Waals surface area contributed by atoms with Gasteiger partial charge in [0.2, 0.25) is 0 Å². The van der Waals surface area contributed by atoms with Gasteiger partial charge in [0, 0.05) is 39.3 Å². The number of carbonyl (C=O) groups is 1. The first kappa shape index (κ1) is 24.8. The fourth-order valence-electron chi connectivity index (χ4n) is 5.72. The van der Waals surface area contributed by atoms with Crippen molar-refractivity contribution in [3.05, 3.63) is 70.1 Å². The molecule has 0 unspecified atom stereocenters. The van der Waals surface area contributed by atoms with Gasteiger partial charge in [-0.1, -0.05) is 68.5 Å². The van der Waals surface area contributed by atoms with Crippen molar-refractivity contribution in [1.82, 2.24) is 24.7 Å². The number of carbonyl (C=O) groups excluding carboxylic acids is 1. The number of nitrogens with one attached hydrogen (secondary N) is 2. The van der Waals surface area contributed by atoms with Gasteiger partial charge in [0.05, 0.1) is 11.0 Å². The maximum absolute atomic E-state index is 12.8. The zero-order chi connectivity index (χ0) is 24.7. The Bertz CT molecular complexity index is 1190. The number of hydrogen-bond acceptors (Lipinski definition) is 4. The monoisotopic (exact) mass is 489 g/mol. The van der Waals surface area contributed by atoms with Crippen molar-refractivity contribution < 1.29 is 4.79 Å². The lowest BCUT2D eigenvalue weighted by atomic mass is 9.87. The van der Waals surface area contributed by atoms with Gasteiger partial charge in [-0.05, 0) is 48.6 Å². The molecule has 1 aromatic heterocycles. The van der Waals surface area contributed by atoms with Crippen molar-refractivity contribution in [1.29, 1.82) is 0 Å².